The van der Waals surface area contributed by atoms with E-state index in [1.165, 1.54) is 23.5 Å². The van der Waals surface area contributed by atoms with Crippen LogP contribution in [0.15, 0.2) is 36.9 Å². The summed E-state index contributed by atoms with van der Waals surface area (Å²) in [4.78, 5) is 36.5. The summed E-state index contributed by atoms with van der Waals surface area (Å²) in [5, 5.41) is 6.72. The van der Waals surface area contributed by atoms with Crippen LogP contribution in [0.25, 0.3) is 11.3 Å². The van der Waals surface area contributed by atoms with Crippen LogP contribution in [0.5, 0.6) is 0 Å². The largest absolute Gasteiger partial charge is 0.408 e. The van der Waals surface area contributed by atoms with Crippen molar-refractivity contribution < 1.29 is 27.5 Å². The molecule has 2 aliphatic rings. The smallest absolute Gasteiger partial charge is 0.379 e. The van der Waals surface area contributed by atoms with Crippen molar-refractivity contribution in [3.05, 3.63) is 59.3 Å². The van der Waals surface area contributed by atoms with E-state index in [-0.39, 0.29) is 23.5 Å². The first kappa shape index (κ1) is 24.9. The lowest BCUT2D eigenvalue weighted by Gasteiger charge is -2.30. The van der Waals surface area contributed by atoms with E-state index in [4.69, 9.17) is 9.72 Å². The molecule has 1 unspecified atom stereocenters. The van der Waals surface area contributed by atoms with Crippen LogP contribution in [0.2, 0.25) is 0 Å². The van der Waals surface area contributed by atoms with Crippen LogP contribution in [-0.2, 0) is 16.8 Å². The van der Waals surface area contributed by atoms with E-state index in [2.05, 4.69) is 15.4 Å². The lowest BCUT2D eigenvalue weighted by atomic mass is 9.96. The van der Waals surface area contributed by atoms with Crippen LogP contribution in [0.4, 0.5) is 18.9 Å². The van der Waals surface area contributed by atoms with Crippen LogP contribution < -0.4 is 10.2 Å². The molecule has 0 spiro atoms. The molecule has 2 aliphatic heterocycles. The Morgan fingerprint density at radius 1 is 1.24 bits per heavy atom. The lowest BCUT2D eigenvalue weighted by molar-refractivity contribution is -0.142. The standard InChI is InChI=1S/C25H25F3N6O3/c1-14-6-19(15-7-16(9-29-8-15)22(35)31-17-4-5-37-12-17)32-21-20(14)23(36)34(24(21,2)3)18-10-30-33(11-18)13-25(26,27)28/h6-11,17H,4-5,12-13H2,1-3H3,(H,31,35). The monoisotopic (exact) mass is 514 g/mol. The van der Waals surface area contributed by atoms with E-state index < -0.39 is 18.3 Å². The Morgan fingerprint density at radius 2 is 2.03 bits per heavy atom. The second-order valence-electron chi connectivity index (χ2n) is 9.76. The third kappa shape index (κ3) is 4.68. The number of hydrogen-bond acceptors (Lipinski definition) is 6. The molecule has 37 heavy (non-hydrogen) atoms. The number of aryl methyl sites for hydroxylation is 1. The zero-order chi connectivity index (χ0) is 26.5. The number of rotatable bonds is 5. The predicted octanol–water partition coefficient (Wildman–Crippen LogP) is 3.63. The van der Waals surface area contributed by atoms with Crippen LogP contribution in [0, 0.1) is 6.92 Å². The van der Waals surface area contributed by atoms with Crippen LogP contribution in [0.1, 0.15) is 52.2 Å². The summed E-state index contributed by atoms with van der Waals surface area (Å²) in [6.07, 6.45) is 1.83. The number of halogens is 3. The zero-order valence-electron chi connectivity index (χ0n) is 20.5. The summed E-state index contributed by atoms with van der Waals surface area (Å²) >= 11 is 0. The number of amides is 2. The molecule has 5 rings (SSSR count). The van der Waals surface area contributed by atoms with Gasteiger partial charge >= 0.3 is 6.18 Å². The van der Waals surface area contributed by atoms with Gasteiger partial charge in [-0.2, -0.15) is 18.3 Å². The van der Waals surface area contributed by atoms with E-state index in [9.17, 15) is 22.8 Å². The third-order valence-electron chi connectivity index (χ3n) is 6.55. The SMILES string of the molecule is Cc1cc(-c2cncc(C(=O)NC3CCOC3)c2)nc2c1C(=O)N(c1cnn(CC(F)(F)F)c1)C2(C)C. The average Bonchev–Trinajstić information content (AvgIpc) is 3.53. The first-order chi connectivity index (χ1) is 17.4. The molecule has 9 nitrogen and oxygen atoms in total. The van der Waals surface area contributed by atoms with E-state index in [0.717, 1.165) is 11.1 Å². The molecule has 0 aromatic carbocycles. The number of ether oxygens (including phenoxy) is 1. The number of pyridine rings is 2. The third-order valence-corrected chi connectivity index (χ3v) is 6.55. The van der Waals surface area contributed by atoms with Gasteiger partial charge in [0.2, 0.25) is 0 Å². The fraction of sp³-hybridized carbons (Fsp3) is 0.400. The van der Waals surface area contributed by atoms with Crippen molar-refractivity contribution in [3.8, 4) is 11.3 Å². The molecular formula is C25H25F3N6O3. The highest BCUT2D eigenvalue weighted by Gasteiger charge is 2.47. The van der Waals surface area contributed by atoms with Crippen molar-refractivity contribution in [3.63, 3.8) is 0 Å². The number of anilines is 1. The summed E-state index contributed by atoms with van der Waals surface area (Å²) in [6, 6.07) is 3.39. The number of aromatic nitrogens is 4. The number of carbonyl (C=O) groups is 2. The molecule has 194 valence electrons. The maximum absolute atomic E-state index is 13.4. The first-order valence-corrected chi connectivity index (χ1v) is 11.7. The molecule has 1 atom stereocenters. The Balaban J connectivity index is 1.47. The highest BCUT2D eigenvalue weighted by Crippen LogP contribution is 2.43. The first-order valence-electron chi connectivity index (χ1n) is 11.7. The van der Waals surface area contributed by atoms with Crippen molar-refractivity contribution in [2.45, 2.75) is 51.5 Å². The molecule has 1 fully saturated rings. The minimum absolute atomic E-state index is 0.0465. The normalized spacial score (nSPS) is 18.8. The van der Waals surface area contributed by atoms with Gasteiger partial charge in [0.1, 0.15) is 6.54 Å². The molecular weight excluding hydrogens is 489 g/mol. The molecule has 12 heteroatoms. The molecule has 0 aliphatic carbocycles. The average molecular weight is 515 g/mol. The van der Waals surface area contributed by atoms with Crippen LogP contribution in [0.3, 0.4) is 0 Å². The predicted molar refractivity (Wildman–Crippen MR) is 127 cm³/mol. The van der Waals surface area contributed by atoms with Crippen molar-refractivity contribution in [1.29, 1.82) is 0 Å². The van der Waals surface area contributed by atoms with Gasteiger partial charge in [-0.1, -0.05) is 0 Å². The Labute approximate surface area is 210 Å². The van der Waals surface area contributed by atoms with Crippen molar-refractivity contribution in [2.75, 3.05) is 18.1 Å². The number of nitrogens with zero attached hydrogens (tertiary/aromatic N) is 5. The molecule has 1 N–H and O–H groups in total. The van der Waals surface area contributed by atoms with Gasteiger partial charge in [-0.15, -0.1) is 0 Å². The summed E-state index contributed by atoms with van der Waals surface area (Å²) < 4.78 is 44.5. The van der Waals surface area contributed by atoms with Gasteiger partial charge in [0.25, 0.3) is 11.8 Å². The molecule has 3 aromatic heterocycles. The zero-order valence-corrected chi connectivity index (χ0v) is 20.5. The fourth-order valence-corrected chi connectivity index (χ4v) is 4.80. The summed E-state index contributed by atoms with van der Waals surface area (Å²) in [5.74, 6) is -0.631. The number of alkyl halides is 3. The Morgan fingerprint density at radius 3 is 2.73 bits per heavy atom. The minimum atomic E-state index is -4.44. The van der Waals surface area contributed by atoms with Gasteiger partial charge < -0.3 is 10.1 Å². The molecule has 0 bridgehead atoms. The van der Waals surface area contributed by atoms with Gasteiger partial charge in [-0.05, 0) is 44.9 Å². The second-order valence-corrected chi connectivity index (χ2v) is 9.76. The van der Waals surface area contributed by atoms with E-state index in [1.807, 2.05) is 0 Å². The van der Waals surface area contributed by atoms with Gasteiger partial charge in [-0.3, -0.25) is 24.2 Å². The van der Waals surface area contributed by atoms with Crippen molar-refractivity contribution in [1.82, 2.24) is 25.1 Å². The molecule has 5 heterocycles. The Kier molecular flexibility index (Phi) is 6.01. The fourth-order valence-electron chi connectivity index (χ4n) is 4.80. The minimum Gasteiger partial charge on any atom is -0.379 e. The van der Waals surface area contributed by atoms with Gasteiger partial charge in [0.05, 0.1) is 52.6 Å². The van der Waals surface area contributed by atoms with E-state index in [1.54, 1.807) is 39.1 Å². The molecule has 2 amide bonds. The van der Waals surface area contributed by atoms with Gasteiger partial charge in [0, 0.05) is 30.8 Å². The summed E-state index contributed by atoms with van der Waals surface area (Å²) in [5.41, 5.74) is 2.30. The topological polar surface area (TPSA) is 102 Å². The lowest BCUT2D eigenvalue weighted by Crippen LogP contribution is -2.39. The van der Waals surface area contributed by atoms with Crippen molar-refractivity contribution in [2.24, 2.45) is 0 Å². The molecule has 0 radical (unpaired) electrons. The molecule has 3 aromatic rings. The highest BCUT2D eigenvalue weighted by atomic mass is 19.4. The molecule has 0 saturated carbocycles. The number of hydrogen-bond donors (Lipinski definition) is 1. The summed E-state index contributed by atoms with van der Waals surface area (Å²) in [7, 11) is 0. The van der Waals surface area contributed by atoms with Crippen LogP contribution >= 0.6 is 0 Å². The second kappa shape index (κ2) is 8.94. The maximum Gasteiger partial charge on any atom is 0.408 e. The number of nitrogens with one attached hydrogen (secondary N) is 1. The number of carbonyl (C=O) groups excluding carboxylic acids is 2. The molecule has 1 saturated heterocycles. The van der Waals surface area contributed by atoms with Crippen molar-refractivity contribution >= 4 is 17.5 Å². The van der Waals surface area contributed by atoms with E-state index in [0.29, 0.717) is 46.9 Å². The maximum atomic E-state index is 13.4. The summed E-state index contributed by atoms with van der Waals surface area (Å²) in [6.45, 7) is 5.15. The quantitative estimate of drug-likeness (QED) is 0.558. The van der Waals surface area contributed by atoms with Crippen LogP contribution in [-0.4, -0.2) is 57.0 Å². The Bertz CT molecular complexity index is 1380. The van der Waals surface area contributed by atoms with E-state index >= 15 is 0 Å². The van der Waals surface area contributed by atoms with Gasteiger partial charge in [0.15, 0.2) is 0 Å². The number of fused-ring (bicyclic) bond motifs is 1. The Hall–Kier alpha value is -3.80. The van der Waals surface area contributed by atoms with Gasteiger partial charge in [-0.25, -0.2) is 4.98 Å². The highest BCUT2D eigenvalue weighted by molar-refractivity contribution is 6.12.